The van der Waals surface area contributed by atoms with Crippen LogP contribution in [0.1, 0.15) is 24.8 Å². The molecule has 35 heavy (non-hydrogen) atoms. The summed E-state index contributed by atoms with van der Waals surface area (Å²) in [7, 11) is -9.51. The maximum absolute atomic E-state index is 16.2. The van der Waals surface area contributed by atoms with E-state index in [1.165, 1.54) is 36.0 Å². The standard InChI is InChI=1S/C19H25ClFN3O8P2S/c20-18-22-14-12(7-35-15(14)17(23-18)24-4-10-2-1-3-11(10)5-24)19(21)8-31-13(16(19)25)6-32-34(29,30)9-33(26,27)28/h7,10-11,13,16,25H,1-6,8-9H2,(H,29,30)(H2,26,27,28)/t10?,11?,13-,16?,19-/m1/s1. The molecule has 2 aromatic heterocycles. The van der Waals surface area contributed by atoms with Crippen LogP contribution in [0.5, 0.6) is 0 Å². The average molecular weight is 572 g/mol. The Bertz CT molecular complexity index is 1220. The van der Waals surface area contributed by atoms with E-state index in [0.29, 0.717) is 22.4 Å². The minimum Gasteiger partial charge on any atom is -0.386 e. The average Bonchev–Trinajstić information content (AvgIpc) is 3.49. The Kier molecular flexibility index (Phi) is 6.84. The fourth-order valence-electron chi connectivity index (χ4n) is 5.33. The van der Waals surface area contributed by atoms with Gasteiger partial charge in [-0.2, -0.15) is 4.98 Å². The van der Waals surface area contributed by atoms with Crippen molar-refractivity contribution in [1.82, 2.24) is 9.97 Å². The molecular weight excluding hydrogens is 547 g/mol. The summed E-state index contributed by atoms with van der Waals surface area (Å²) in [5.41, 5.74) is -2.08. The third kappa shape index (κ3) is 5.05. The largest absolute Gasteiger partial charge is 0.386 e. The van der Waals surface area contributed by atoms with Crippen molar-refractivity contribution < 1.29 is 42.6 Å². The van der Waals surface area contributed by atoms with E-state index < -0.39 is 52.2 Å². The highest BCUT2D eigenvalue weighted by molar-refractivity contribution is 7.70. The molecule has 0 aromatic carbocycles. The summed E-state index contributed by atoms with van der Waals surface area (Å²) in [4.78, 5) is 38.3. The number of aromatic nitrogens is 2. The van der Waals surface area contributed by atoms with E-state index in [2.05, 4.69) is 14.9 Å². The number of thiophene rings is 1. The fraction of sp³-hybridized carbons (Fsp3) is 0.684. The molecule has 3 aliphatic rings. The first kappa shape index (κ1) is 25.9. The molecule has 16 heteroatoms. The molecule has 0 amide bonds. The minimum absolute atomic E-state index is 0.0419. The number of fused-ring (bicyclic) bond motifs is 2. The van der Waals surface area contributed by atoms with Crippen LogP contribution in [0.3, 0.4) is 0 Å². The van der Waals surface area contributed by atoms with Gasteiger partial charge in [0.05, 0.1) is 23.4 Å². The Hall–Kier alpha value is -0.720. The number of halogens is 2. The molecule has 2 aromatic rings. The van der Waals surface area contributed by atoms with Crippen LogP contribution in [0, 0.1) is 11.8 Å². The third-order valence-electron chi connectivity index (χ3n) is 6.98. The monoisotopic (exact) mass is 571 g/mol. The van der Waals surface area contributed by atoms with Crippen LogP contribution in [0.4, 0.5) is 10.2 Å². The molecule has 11 nitrogen and oxygen atoms in total. The van der Waals surface area contributed by atoms with Gasteiger partial charge in [0.2, 0.25) is 5.28 Å². The molecule has 4 N–H and O–H groups in total. The molecule has 1 aliphatic carbocycles. The lowest BCUT2D eigenvalue weighted by Gasteiger charge is -2.24. The van der Waals surface area contributed by atoms with Crippen molar-refractivity contribution in [2.24, 2.45) is 11.8 Å². The number of rotatable bonds is 7. The second-order valence-corrected chi connectivity index (χ2v) is 14.6. The van der Waals surface area contributed by atoms with E-state index in [1.54, 1.807) is 0 Å². The summed E-state index contributed by atoms with van der Waals surface area (Å²) in [5, 5.41) is 12.2. The summed E-state index contributed by atoms with van der Waals surface area (Å²) in [6, 6.07) is 0. The lowest BCUT2D eigenvalue weighted by Crippen LogP contribution is -2.39. The van der Waals surface area contributed by atoms with Crippen molar-refractivity contribution >= 4 is 54.2 Å². The van der Waals surface area contributed by atoms with E-state index in [0.717, 1.165) is 13.1 Å². The predicted octanol–water partition coefficient (Wildman–Crippen LogP) is 2.84. The quantitative estimate of drug-likeness (QED) is 0.285. The second kappa shape index (κ2) is 9.23. The molecule has 4 heterocycles. The van der Waals surface area contributed by atoms with Gasteiger partial charge in [0.1, 0.15) is 12.2 Å². The number of hydrogen-bond acceptors (Lipinski definition) is 9. The van der Waals surface area contributed by atoms with Crippen LogP contribution >= 0.6 is 38.1 Å². The van der Waals surface area contributed by atoms with Gasteiger partial charge in [0.15, 0.2) is 17.4 Å². The third-order valence-corrected chi connectivity index (χ3v) is 11.6. The van der Waals surface area contributed by atoms with Gasteiger partial charge in [0, 0.05) is 24.0 Å². The number of nitrogens with zero attached hydrogens (tertiary/aromatic N) is 3. The van der Waals surface area contributed by atoms with Crippen LogP contribution in [0.2, 0.25) is 5.28 Å². The van der Waals surface area contributed by atoms with Crippen molar-refractivity contribution in [2.45, 2.75) is 37.1 Å². The summed E-state index contributed by atoms with van der Waals surface area (Å²) >= 11 is 7.46. The summed E-state index contributed by atoms with van der Waals surface area (Å²) < 4.78 is 49.8. The first-order valence-corrected chi connectivity index (χ1v) is 15.9. The maximum Gasteiger partial charge on any atom is 0.340 e. The Morgan fingerprint density at radius 2 is 1.94 bits per heavy atom. The zero-order valence-corrected chi connectivity index (χ0v) is 21.7. The number of aliphatic hydroxyl groups is 1. The molecule has 0 bridgehead atoms. The van der Waals surface area contributed by atoms with Crippen molar-refractivity contribution in [3.8, 4) is 0 Å². The van der Waals surface area contributed by atoms with E-state index in [9.17, 15) is 19.1 Å². The first-order chi connectivity index (χ1) is 16.4. The van der Waals surface area contributed by atoms with Gasteiger partial charge in [-0.25, -0.2) is 9.37 Å². The minimum atomic E-state index is -4.83. The molecule has 0 radical (unpaired) electrons. The summed E-state index contributed by atoms with van der Waals surface area (Å²) in [6.07, 6.45) is 0.438. The van der Waals surface area contributed by atoms with E-state index in [1.807, 2.05) is 0 Å². The molecule has 5 rings (SSSR count). The second-order valence-electron chi connectivity index (χ2n) is 9.40. The van der Waals surface area contributed by atoms with Gasteiger partial charge in [-0.15, -0.1) is 11.3 Å². The zero-order valence-electron chi connectivity index (χ0n) is 18.4. The van der Waals surface area contributed by atoms with Crippen molar-refractivity contribution in [1.29, 1.82) is 0 Å². The molecule has 194 valence electrons. The Balaban J connectivity index is 1.38. The van der Waals surface area contributed by atoms with Crippen molar-refractivity contribution in [3.05, 3.63) is 16.2 Å². The van der Waals surface area contributed by atoms with Gasteiger partial charge in [0.25, 0.3) is 0 Å². The Morgan fingerprint density at radius 3 is 2.60 bits per heavy atom. The highest BCUT2D eigenvalue weighted by Crippen LogP contribution is 2.56. The van der Waals surface area contributed by atoms with Crippen LogP contribution < -0.4 is 4.90 Å². The summed E-state index contributed by atoms with van der Waals surface area (Å²) in [5.74, 6) is 0.449. The normalized spacial score (nSPS) is 32.9. The van der Waals surface area contributed by atoms with Gasteiger partial charge >= 0.3 is 15.2 Å². The molecular formula is C19H25ClFN3O8P2S. The fourth-order valence-corrected chi connectivity index (χ4v) is 9.16. The predicted molar refractivity (Wildman–Crippen MR) is 127 cm³/mol. The molecule has 0 spiro atoms. The Morgan fingerprint density at radius 1 is 1.26 bits per heavy atom. The van der Waals surface area contributed by atoms with E-state index >= 15 is 4.39 Å². The number of anilines is 1. The number of alkyl halides is 1. The Labute approximate surface area is 208 Å². The summed E-state index contributed by atoms with van der Waals surface area (Å²) in [6.45, 7) is 0.386. The molecule has 2 saturated heterocycles. The molecule has 3 fully saturated rings. The topological polar surface area (TPSA) is 163 Å². The zero-order chi connectivity index (χ0) is 25.2. The van der Waals surface area contributed by atoms with Gasteiger partial charge in [-0.3, -0.25) is 9.13 Å². The van der Waals surface area contributed by atoms with Gasteiger partial charge < -0.3 is 33.9 Å². The lowest BCUT2D eigenvalue weighted by molar-refractivity contribution is -0.0115. The van der Waals surface area contributed by atoms with Crippen molar-refractivity contribution in [2.75, 3.05) is 37.1 Å². The van der Waals surface area contributed by atoms with Crippen LogP contribution in [-0.2, 0) is 24.1 Å². The number of hydrogen-bond donors (Lipinski definition) is 4. The van der Waals surface area contributed by atoms with Crippen molar-refractivity contribution in [3.63, 3.8) is 0 Å². The molecule has 1 saturated carbocycles. The first-order valence-electron chi connectivity index (χ1n) is 11.1. The number of ether oxygens (including phenoxy) is 1. The van der Waals surface area contributed by atoms with E-state index in [4.69, 9.17) is 30.6 Å². The van der Waals surface area contributed by atoms with Crippen LogP contribution in [0.25, 0.3) is 10.2 Å². The molecule has 2 aliphatic heterocycles. The molecule has 6 atom stereocenters. The highest BCUT2D eigenvalue weighted by Gasteiger charge is 2.53. The van der Waals surface area contributed by atoms with E-state index in [-0.39, 0.29) is 16.4 Å². The maximum atomic E-state index is 16.2. The van der Waals surface area contributed by atoms with Crippen LogP contribution in [-0.4, -0.2) is 74.2 Å². The SMILES string of the molecule is O=P(O)(O)CP(=O)(O)OC[C@H]1OC[C@@](F)(c2csc3c(N4CC5CCCC5C4)nc(Cl)nc23)C1O. The molecule has 4 unspecified atom stereocenters. The van der Waals surface area contributed by atoms with Crippen LogP contribution in [0.15, 0.2) is 5.38 Å². The lowest BCUT2D eigenvalue weighted by atomic mass is 9.91. The van der Waals surface area contributed by atoms with Gasteiger partial charge in [-0.1, -0.05) is 6.42 Å². The highest BCUT2D eigenvalue weighted by atomic mass is 35.5. The smallest absolute Gasteiger partial charge is 0.340 e. The number of aliphatic hydroxyl groups excluding tert-OH is 1. The van der Waals surface area contributed by atoms with Gasteiger partial charge in [-0.05, 0) is 36.3 Å².